The van der Waals surface area contributed by atoms with Crippen LogP contribution in [0.15, 0.2) is 24.5 Å². The number of hydrogen-bond acceptors (Lipinski definition) is 4. The molecule has 0 aliphatic rings. The van der Waals surface area contributed by atoms with Crippen LogP contribution in [0.25, 0.3) is 0 Å². The van der Waals surface area contributed by atoms with Gasteiger partial charge < -0.3 is 10.1 Å². The van der Waals surface area contributed by atoms with Crippen LogP contribution in [-0.2, 0) is 6.54 Å². The van der Waals surface area contributed by atoms with Gasteiger partial charge in [-0.25, -0.2) is 4.98 Å². The summed E-state index contributed by atoms with van der Waals surface area (Å²) in [5, 5.41) is 4.07. The van der Waals surface area contributed by atoms with Gasteiger partial charge in [-0.05, 0) is 13.1 Å². The monoisotopic (exact) mass is 317 g/mol. The van der Waals surface area contributed by atoms with Crippen LogP contribution in [0, 0.1) is 0 Å². The van der Waals surface area contributed by atoms with Crippen LogP contribution in [0.5, 0.6) is 11.6 Å². The first-order valence-electron chi connectivity index (χ1n) is 5.38. The molecule has 2 aromatic rings. The fourth-order valence-corrected chi connectivity index (χ4v) is 1.94. The van der Waals surface area contributed by atoms with Gasteiger partial charge in [0, 0.05) is 12.6 Å². The van der Waals surface area contributed by atoms with Crippen LogP contribution in [0.2, 0.25) is 15.1 Å². The number of ether oxygens (including phenoxy) is 1. The smallest absolute Gasteiger partial charge is 0.237 e. The van der Waals surface area contributed by atoms with Crippen molar-refractivity contribution in [2.24, 2.45) is 0 Å². The Bertz CT molecular complexity index is 575. The van der Waals surface area contributed by atoms with Crippen LogP contribution < -0.4 is 10.1 Å². The lowest BCUT2D eigenvalue weighted by atomic mass is 10.3. The molecule has 0 amide bonds. The van der Waals surface area contributed by atoms with Gasteiger partial charge in [0.15, 0.2) is 0 Å². The molecule has 0 saturated heterocycles. The van der Waals surface area contributed by atoms with Crippen LogP contribution in [0.4, 0.5) is 0 Å². The van der Waals surface area contributed by atoms with E-state index in [2.05, 4.69) is 15.3 Å². The Hall–Kier alpha value is -1.07. The molecule has 1 aromatic carbocycles. The predicted octanol–water partition coefficient (Wildman–Crippen LogP) is 3.95. The van der Waals surface area contributed by atoms with Gasteiger partial charge in [-0.3, -0.25) is 4.98 Å². The summed E-state index contributed by atoms with van der Waals surface area (Å²) in [6.45, 7) is 0.640. The summed E-state index contributed by atoms with van der Waals surface area (Å²) >= 11 is 17.7. The maximum absolute atomic E-state index is 6.01. The Morgan fingerprint density at radius 3 is 2.42 bits per heavy atom. The zero-order chi connectivity index (χ0) is 13.8. The number of halogens is 3. The Kier molecular flexibility index (Phi) is 4.82. The van der Waals surface area contributed by atoms with Gasteiger partial charge in [0.2, 0.25) is 5.88 Å². The van der Waals surface area contributed by atoms with E-state index in [0.717, 1.165) is 5.69 Å². The molecular formula is C12H10Cl3N3O. The number of nitrogens with zero attached hydrogens (tertiary/aromatic N) is 2. The molecule has 7 heteroatoms. The maximum atomic E-state index is 6.01. The largest absolute Gasteiger partial charge is 0.436 e. The highest BCUT2D eigenvalue weighted by Gasteiger charge is 2.09. The van der Waals surface area contributed by atoms with E-state index in [1.807, 2.05) is 7.05 Å². The number of hydrogen-bond donors (Lipinski definition) is 1. The van der Waals surface area contributed by atoms with Gasteiger partial charge in [0.25, 0.3) is 0 Å². The summed E-state index contributed by atoms with van der Waals surface area (Å²) in [4.78, 5) is 8.31. The minimum Gasteiger partial charge on any atom is -0.436 e. The molecule has 0 spiro atoms. The van der Waals surface area contributed by atoms with Crippen LogP contribution in [-0.4, -0.2) is 17.0 Å². The quantitative estimate of drug-likeness (QED) is 0.867. The zero-order valence-electron chi connectivity index (χ0n) is 9.95. The molecule has 1 heterocycles. The molecule has 100 valence electrons. The topological polar surface area (TPSA) is 47.0 Å². The zero-order valence-corrected chi connectivity index (χ0v) is 12.2. The Labute approximate surface area is 125 Å². The van der Waals surface area contributed by atoms with Crippen molar-refractivity contribution in [3.05, 3.63) is 45.3 Å². The fourth-order valence-electron chi connectivity index (χ4n) is 1.36. The third kappa shape index (κ3) is 3.70. The standard InChI is InChI=1S/C12H10Cl3N3O/c1-16-4-7-5-18-12(6-17-7)19-11-3-9(14)8(13)2-10(11)15/h2-3,5-6,16H,4H2,1H3. The summed E-state index contributed by atoms with van der Waals surface area (Å²) in [6.07, 6.45) is 3.14. The second-order valence-electron chi connectivity index (χ2n) is 3.68. The molecule has 0 fully saturated rings. The normalized spacial score (nSPS) is 10.5. The molecule has 19 heavy (non-hydrogen) atoms. The summed E-state index contributed by atoms with van der Waals surface area (Å²) < 4.78 is 5.51. The summed E-state index contributed by atoms with van der Waals surface area (Å²) in [5.74, 6) is 0.715. The number of benzene rings is 1. The molecular weight excluding hydrogens is 309 g/mol. The molecule has 0 saturated carbocycles. The van der Waals surface area contributed by atoms with Gasteiger partial charge in [-0.2, -0.15) is 0 Å². The molecule has 1 N–H and O–H groups in total. The van der Waals surface area contributed by atoms with E-state index in [9.17, 15) is 0 Å². The van der Waals surface area contributed by atoms with Gasteiger partial charge >= 0.3 is 0 Å². The van der Waals surface area contributed by atoms with Gasteiger partial charge in [-0.15, -0.1) is 0 Å². The Balaban J connectivity index is 2.19. The van der Waals surface area contributed by atoms with E-state index in [1.165, 1.54) is 18.3 Å². The summed E-state index contributed by atoms with van der Waals surface area (Å²) in [6, 6.07) is 3.05. The average Bonchev–Trinajstić information content (AvgIpc) is 2.38. The summed E-state index contributed by atoms with van der Waals surface area (Å²) in [5.41, 5.74) is 0.815. The second kappa shape index (κ2) is 6.39. The molecule has 0 aliphatic carbocycles. The average molecular weight is 319 g/mol. The van der Waals surface area contributed by atoms with E-state index in [1.54, 1.807) is 6.20 Å². The maximum Gasteiger partial charge on any atom is 0.237 e. The molecule has 0 radical (unpaired) electrons. The van der Waals surface area contributed by atoms with Crippen LogP contribution in [0.1, 0.15) is 5.69 Å². The first-order chi connectivity index (χ1) is 9.10. The van der Waals surface area contributed by atoms with E-state index in [0.29, 0.717) is 33.2 Å². The predicted molar refractivity (Wildman–Crippen MR) is 76.3 cm³/mol. The lowest BCUT2D eigenvalue weighted by molar-refractivity contribution is 0.459. The van der Waals surface area contributed by atoms with Crippen LogP contribution >= 0.6 is 34.8 Å². The molecule has 0 aliphatic heterocycles. The third-order valence-corrected chi connectivity index (χ3v) is 3.25. The molecule has 4 nitrogen and oxygen atoms in total. The second-order valence-corrected chi connectivity index (χ2v) is 4.90. The van der Waals surface area contributed by atoms with Gasteiger partial charge in [-0.1, -0.05) is 34.8 Å². The Morgan fingerprint density at radius 1 is 1.05 bits per heavy atom. The van der Waals surface area contributed by atoms with Crippen LogP contribution in [0.3, 0.4) is 0 Å². The highest BCUT2D eigenvalue weighted by atomic mass is 35.5. The lowest BCUT2D eigenvalue weighted by Gasteiger charge is -2.08. The van der Waals surface area contributed by atoms with E-state index in [-0.39, 0.29) is 0 Å². The molecule has 0 unspecified atom stereocenters. The van der Waals surface area contributed by atoms with Crippen molar-refractivity contribution in [1.29, 1.82) is 0 Å². The van der Waals surface area contributed by atoms with E-state index < -0.39 is 0 Å². The minimum atomic E-state index is 0.333. The number of aromatic nitrogens is 2. The molecule has 2 rings (SSSR count). The van der Waals surface area contributed by atoms with Crippen molar-refractivity contribution >= 4 is 34.8 Å². The first-order valence-corrected chi connectivity index (χ1v) is 6.51. The Morgan fingerprint density at radius 2 is 1.79 bits per heavy atom. The molecule has 0 bridgehead atoms. The highest BCUT2D eigenvalue weighted by Crippen LogP contribution is 2.35. The van der Waals surface area contributed by atoms with Gasteiger partial charge in [0.1, 0.15) is 5.75 Å². The van der Waals surface area contributed by atoms with Crippen molar-refractivity contribution in [2.45, 2.75) is 6.54 Å². The minimum absolute atomic E-state index is 0.333. The van der Waals surface area contributed by atoms with E-state index in [4.69, 9.17) is 39.5 Å². The molecule has 1 aromatic heterocycles. The third-order valence-electron chi connectivity index (χ3n) is 2.23. The van der Waals surface area contributed by atoms with Crippen molar-refractivity contribution < 1.29 is 4.74 Å². The van der Waals surface area contributed by atoms with Crippen molar-refractivity contribution in [2.75, 3.05) is 7.05 Å². The van der Waals surface area contributed by atoms with Crippen molar-refractivity contribution in [3.63, 3.8) is 0 Å². The lowest BCUT2D eigenvalue weighted by Crippen LogP contribution is -2.07. The fraction of sp³-hybridized carbons (Fsp3) is 0.167. The SMILES string of the molecule is CNCc1cnc(Oc2cc(Cl)c(Cl)cc2Cl)cn1. The van der Waals surface area contributed by atoms with Gasteiger partial charge in [0.05, 0.1) is 33.2 Å². The van der Waals surface area contributed by atoms with Crippen molar-refractivity contribution in [1.82, 2.24) is 15.3 Å². The first kappa shape index (κ1) is 14.3. The molecule has 0 atom stereocenters. The van der Waals surface area contributed by atoms with Crippen molar-refractivity contribution in [3.8, 4) is 11.6 Å². The highest BCUT2D eigenvalue weighted by molar-refractivity contribution is 6.43. The number of rotatable bonds is 4. The summed E-state index contributed by atoms with van der Waals surface area (Å²) in [7, 11) is 1.83. The van der Waals surface area contributed by atoms with E-state index >= 15 is 0 Å². The number of nitrogens with one attached hydrogen (secondary N) is 1.